The molecule has 7 nitrogen and oxygen atoms in total. The predicted octanol–water partition coefficient (Wildman–Crippen LogP) is 3.18. The molecule has 1 saturated heterocycles. The number of carbonyl (C=O) groups excluding carboxylic acids is 2. The summed E-state index contributed by atoms with van der Waals surface area (Å²) in [7, 11) is -3.73. The first-order chi connectivity index (χ1) is 14.8. The second-order valence-electron chi connectivity index (χ2n) is 7.33. The van der Waals surface area contributed by atoms with Crippen molar-refractivity contribution in [2.75, 3.05) is 26.2 Å². The van der Waals surface area contributed by atoms with E-state index in [4.69, 9.17) is 4.42 Å². The molecule has 2 aromatic carbocycles. The van der Waals surface area contributed by atoms with Gasteiger partial charge in [0.05, 0.1) is 4.90 Å². The van der Waals surface area contributed by atoms with Crippen molar-refractivity contribution in [2.24, 2.45) is 0 Å². The Hall–Kier alpha value is -3.23. The molecule has 2 heterocycles. The minimum absolute atomic E-state index is 0.0877. The van der Waals surface area contributed by atoms with Crippen molar-refractivity contribution in [2.45, 2.75) is 11.8 Å². The molecule has 4 rings (SSSR count). The van der Waals surface area contributed by atoms with Crippen LogP contribution in [-0.4, -0.2) is 55.5 Å². The number of hydrogen-bond donors (Lipinski definition) is 0. The molecule has 1 aliphatic rings. The van der Waals surface area contributed by atoms with Crippen molar-refractivity contribution in [1.29, 1.82) is 0 Å². The summed E-state index contributed by atoms with van der Waals surface area (Å²) in [6.45, 7) is 2.35. The average Bonchev–Trinajstić information content (AvgIpc) is 3.20. The number of fused-ring (bicyclic) bond motifs is 1. The lowest BCUT2D eigenvalue weighted by molar-refractivity contribution is -0.127. The van der Waals surface area contributed by atoms with Crippen LogP contribution in [0.2, 0.25) is 0 Å². The normalized spacial score (nSPS) is 15.6. The van der Waals surface area contributed by atoms with E-state index >= 15 is 0 Å². The van der Waals surface area contributed by atoms with Crippen molar-refractivity contribution in [1.82, 2.24) is 9.21 Å². The Morgan fingerprint density at radius 1 is 0.968 bits per heavy atom. The third-order valence-electron chi connectivity index (χ3n) is 5.26. The number of rotatable bonds is 5. The molecule has 1 aliphatic heterocycles. The number of benzene rings is 2. The number of amides is 1. The Labute approximate surface area is 180 Å². The first kappa shape index (κ1) is 21.0. The van der Waals surface area contributed by atoms with Crippen LogP contribution in [0.3, 0.4) is 0 Å². The number of Topliss-reactive ketones (excluding diaryl/α,β-unsaturated/α-hetero) is 1. The van der Waals surface area contributed by atoms with Crippen LogP contribution in [0.5, 0.6) is 0 Å². The molecule has 1 aromatic heterocycles. The van der Waals surface area contributed by atoms with Crippen LogP contribution in [0.15, 0.2) is 70.0 Å². The fourth-order valence-corrected chi connectivity index (χ4v) is 4.99. The standard InChI is InChI=1S/C23H22N2O5S/c1-17(26)18-6-4-7-21(16-18)31(28,29)25-13-11-24(12-14-25)23(27)10-9-20-15-19-5-2-3-8-22(19)30-20/h2-10,15-16H,11-14H2,1H3/b10-9+. The molecule has 31 heavy (non-hydrogen) atoms. The highest BCUT2D eigenvalue weighted by Crippen LogP contribution is 2.21. The maximum absolute atomic E-state index is 12.9. The zero-order chi connectivity index (χ0) is 22.0. The van der Waals surface area contributed by atoms with Crippen LogP contribution >= 0.6 is 0 Å². The molecule has 0 N–H and O–H groups in total. The summed E-state index contributed by atoms with van der Waals surface area (Å²) in [6.07, 6.45) is 3.07. The Morgan fingerprint density at radius 2 is 1.71 bits per heavy atom. The third-order valence-corrected chi connectivity index (χ3v) is 7.16. The van der Waals surface area contributed by atoms with Crippen molar-refractivity contribution in [3.8, 4) is 0 Å². The van der Waals surface area contributed by atoms with Crippen LogP contribution in [0, 0.1) is 0 Å². The molecule has 0 radical (unpaired) electrons. The number of para-hydroxylation sites is 1. The smallest absolute Gasteiger partial charge is 0.246 e. The fourth-order valence-electron chi connectivity index (χ4n) is 3.52. The quantitative estimate of drug-likeness (QED) is 0.451. The van der Waals surface area contributed by atoms with E-state index in [9.17, 15) is 18.0 Å². The first-order valence-corrected chi connectivity index (χ1v) is 11.4. The lowest BCUT2D eigenvalue weighted by Crippen LogP contribution is -2.50. The van der Waals surface area contributed by atoms with Gasteiger partial charge in [0.25, 0.3) is 0 Å². The number of furan rings is 1. The van der Waals surface area contributed by atoms with Gasteiger partial charge in [-0.3, -0.25) is 9.59 Å². The van der Waals surface area contributed by atoms with Crippen LogP contribution in [0.4, 0.5) is 0 Å². The summed E-state index contributed by atoms with van der Waals surface area (Å²) >= 11 is 0. The van der Waals surface area contributed by atoms with Crippen LogP contribution in [0.25, 0.3) is 17.0 Å². The summed E-state index contributed by atoms with van der Waals surface area (Å²) in [5.41, 5.74) is 1.10. The maximum atomic E-state index is 12.9. The van der Waals surface area contributed by atoms with Gasteiger partial charge in [0.15, 0.2) is 5.78 Å². The Morgan fingerprint density at radius 3 is 2.42 bits per heavy atom. The molecular weight excluding hydrogens is 416 g/mol. The van der Waals surface area contributed by atoms with E-state index in [1.807, 2.05) is 30.3 Å². The largest absolute Gasteiger partial charge is 0.457 e. The lowest BCUT2D eigenvalue weighted by atomic mass is 10.2. The summed E-state index contributed by atoms with van der Waals surface area (Å²) < 4.78 is 32.9. The van der Waals surface area contributed by atoms with Crippen molar-refractivity contribution in [3.05, 3.63) is 72.0 Å². The van der Waals surface area contributed by atoms with E-state index in [1.165, 1.54) is 29.4 Å². The zero-order valence-electron chi connectivity index (χ0n) is 17.0. The van der Waals surface area contributed by atoms with E-state index in [0.29, 0.717) is 11.3 Å². The Bertz CT molecular complexity index is 1230. The molecule has 0 bridgehead atoms. The third kappa shape index (κ3) is 4.45. The van der Waals surface area contributed by atoms with Gasteiger partial charge in [-0.1, -0.05) is 30.3 Å². The molecule has 0 spiro atoms. The summed E-state index contributed by atoms with van der Waals surface area (Å²) in [5, 5.41) is 0.960. The summed E-state index contributed by atoms with van der Waals surface area (Å²) in [5.74, 6) is 0.195. The Balaban J connectivity index is 1.40. The number of nitrogens with zero attached hydrogens (tertiary/aromatic N) is 2. The molecular formula is C23H22N2O5S. The molecule has 0 unspecified atom stereocenters. The Kier molecular flexibility index (Phi) is 5.75. The number of sulfonamides is 1. The maximum Gasteiger partial charge on any atom is 0.246 e. The number of carbonyl (C=O) groups is 2. The second-order valence-corrected chi connectivity index (χ2v) is 9.27. The van der Waals surface area contributed by atoms with Crippen LogP contribution in [-0.2, 0) is 14.8 Å². The van der Waals surface area contributed by atoms with Crippen molar-refractivity contribution in [3.63, 3.8) is 0 Å². The summed E-state index contributed by atoms with van der Waals surface area (Å²) in [6, 6.07) is 15.5. The minimum atomic E-state index is -3.73. The van der Waals surface area contributed by atoms with E-state index in [2.05, 4.69) is 0 Å². The average molecular weight is 439 g/mol. The topological polar surface area (TPSA) is 87.9 Å². The lowest BCUT2D eigenvalue weighted by Gasteiger charge is -2.33. The molecule has 3 aromatic rings. The van der Waals surface area contributed by atoms with E-state index in [1.54, 1.807) is 23.1 Å². The van der Waals surface area contributed by atoms with E-state index < -0.39 is 10.0 Å². The number of hydrogen-bond acceptors (Lipinski definition) is 5. The van der Waals surface area contributed by atoms with Gasteiger partial charge in [-0.25, -0.2) is 8.42 Å². The monoisotopic (exact) mass is 438 g/mol. The van der Waals surface area contributed by atoms with Crippen LogP contribution in [0.1, 0.15) is 23.0 Å². The highest BCUT2D eigenvalue weighted by molar-refractivity contribution is 7.89. The minimum Gasteiger partial charge on any atom is -0.457 e. The first-order valence-electron chi connectivity index (χ1n) is 9.91. The summed E-state index contributed by atoms with van der Waals surface area (Å²) in [4.78, 5) is 25.8. The fraction of sp³-hybridized carbons (Fsp3) is 0.217. The van der Waals surface area contributed by atoms with Crippen LogP contribution < -0.4 is 0 Å². The van der Waals surface area contributed by atoms with Gasteiger partial charge in [-0.15, -0.1) is 0 Å². The van der Waals surface area contributed by atoms with Crippen molar-refractivity contribution < 1.29 is 22.4 Å². The van der Waals surface area contributed by atoms with Gasteiger partial charge in [0.2, 0.25) is 15.9 Å². The highest BCUT2D eigenvalue weighted by Gasteiger charge is 2.29. The van der Waals surface area contributed by atoms with Gasteiger partial charge in [-0.05, 0) is 37.3 Å². The van der Waals surface area contributed by atoms with Crippen molar-refractivity contribution >= 4 is 38.8 Å². The van der Waals surface area contributed by atoms with Gasteiger partial charge >= 0.3 is 0 Å². The molecule has 1 fully saturated rings. The number of ketones is 1. The number of piperazine rings is 1. The highest BCUT2D eigenvalue weighted by atomic mass is 32.2. The van der Waals surface area contributed by atoms with Gasteiger partial charge in [0, 0.05) is 43.2 Å². The SMILES string of the molecule is CC(=O)c1cccc(S(=O)(=O)N2CCN(C(=O)/C=C/c3cc4ccccc4o3)CC2)c1. The van der Waals surface area contributed by atoms with E-state index in [-0.39, 0.29) is 42.8 Å². The molecule has 0 saturated carbocycles. The van der Waals surface area contributed by atoms with Gasteiger partial charge < -0.3 is 9.32 Å². The molecule has 0 atom stereocenters. The molecule has 0 aliphatic carbocycles. The molecule has 160 valence electrons. The van der Waals surface area contributed by atoms with E-state index in [0.717, 1.165) is 11.0 Å². The van der Waals surface area contributed by atoms with Gasteiger partial charge in [-0.2, -0.15) is 4.31 Å². The van der Waals surface area contributed by atoms with Gasteiger partial charge in [0.1, 0.15) is 11.3 Å². The molecule has 8 heteroatoms. The zero-order valence-corrected chi connectivity index (χ0v) is 17.8. The molecule has 1 amide bonds. The second kappa shape index (κ2) is 8.49. The predicted molar refractivity (Wildman–Crippen MR) is 117 cm³/mol.